The Morgan fingerprint density at radius 2 is 1.67 bits per heavy atom. The van der Waals surface area contributed by atoms with Crippen LogP contribution in [0.15, 0.2) is 42.9 Å². The molecule has 0 unspecified atom stereocenters. The van der Waals surface area contributed by atoms with Gasteiger partial charge in [0, 0.05) is 44.8 Å². The minimum absolute atomic E-state index is 0.0838. The lowest BCUT2D eigenvalue weighted by molar-refractivity contribution is -0.159. The van der Waals surface area contributed by atoms with E-state index in [4.69, 9.17) is 24.5 Å². The Labute approximate surface area is 209 Å². The van der Waals surface area contributed by atoms with Crippen LogP contribution in [0.5, 0.6) is 5.88 Å². The zero-order valence-electron chi connectivity index (χ0n) is 19.9. The Kier molecular flexibility index (Phi) is 11.2. The molecule has 1 aliphatic heterocycles. The molecule has 0 spiro atoms. The monoisotopic (exact) mass is 522 g/mol. The van der Waals surface area contributed by atoms with Gasteiger partial charge in [-0.15, -0.1) is 0 Å². The number of ether oxygens (including phenoxy) is 1. The second-order valence-corrected chi connectivity index (χ2v) is 9.85. The number of nitrogens with zero attached hydrogens (tertiary/aromatic N) is 4. The molecule has 0 atom stereocenters. The Morgan fingerprint density at radius 1 is 1.03 bits per heavy atom. The largest absolute Gasteiger partial charge is 0.477 e. The summed E-state index contributed by atoms with van der Waals surface area (Å²) in [5.74, 6) is -3.82. The first-order chi connectivity index (χ1) is 17.2. The summed E-state index contributed by atoms with van der Waals surface area (Å²) in [6.45, 7) is 3.67. The Morgan fingerprint density at radius 3 is 2.25 bits per heavy atom. The molecule has 13 heteroatoms. The number of hydrogen-bond donors (Lipinski definition) is 2. The second-order valence-electron chi connectivity index (χ2n) is 7.76. The van der Waals surface area contributed by atoms with Gasteiger partial charge < -0.3 is 19.8 Å². The number of rotatable bonds is 9. The van der Waals surface area contributed by atoms with Crippen molar-refractivity contribution < 1.29 is 37.8 Å². The van der Waals surface area contributed by atoms with Gasteiger partial charge in [0.05, 0.1) is 12.4 Å². The van der Waals surface area contributed by atoms with Gasteiger partial charge in [0.15, 0.2) is 0 Å². The predicted octanol–water partition coefficient (Wildman–Crippen LogP) is 1.49. The minimum atomic E-state index is -3.43. The van der Waals surface area contributed by atoms with Crippen molar-refractivity contribution >= 4 is 27.9 Å². The number of sulfonamides is 1. The van der Waals surface area contributed by atoms with Gasteiger partial charge in [-0.2, -0.15) is 0 Å². The zero-order valence-corrected chi connectivity index (χ0v) is 20.8. The molecule has 1 amide bonds. The molecule has 3 rings (SSSR count). The summed E-state index contributed by atoms with van der Waals surface area (Å²) in [7, 11) is -3.43. The second kappa shape index (κ2) is 14.1. The topological polar surface area (TPSA) is 167 Å². The highest BCUT2D eigenvalue weighted by atomic mass is 32.2. The number of carbonyl (C=O) groups is 3. The molecule has 1 saturated heterocycles. The van der Waals surface area contributed by atoms with Crippen LogP contribution in [0.2, 0.25) is 0 Å². The fourth-order valence-electron chi connectivity index (χ4n) is 3.43. The maximum absolute atomic E-state index is 13.3. The van der Waals surface area contributed by atoms with Crippen molar-refractivity contribution in [2.75, 3.05) is 32.0 Å². The molecule has 36 heavy (non-hydrogen) atoms. The van der Waals surface area contributed by atoms with E-state index in [0.29, 0.717) is 25.3 Å². The van der Waals surface area contributed by atoms with Crippen molar-refractivity contribution in [1.82, 2.24) is 19.2 Å². The van der Waals surface area contributed by atoms with Crippen LogP contribution in [-0.4, -0.2) is 87.6 Å². The van der Waals surface area contributed by atoms with Crippen LogP contribution in [0.1, 0.15) is 42.1 Å². The van der Waals surface area contributed by atoms with E-state index in [-0.39, 0.29) is 30.6 Å². The van der Waals surface area contributed by atoms with Gasteiger partial charge in [-0.25, -0.2) is 27.3 Å². The number of carbonyl (C=O) groups excluding carboxylic acids is 1. The molecule has 0 aromatic carbocycles. The molecular formula is C23H30N4O8S. The van der Waals surface area contributed by atoms with Crippen molar-refractivity contribution in [3.05, 3.63) is 54.0 Å². The molecule has 196 valence electrons. The normalized spacial score (nSPS) is 13.7. The Bertz CT molecular complexity index is 1110. The first-order valence-electron chi connectivity index (χ1n) is 11.4. The Hall–Kier alpha value is -3.58. The third-order valence-corrected chi connectivity index (χ3v) is 7.05. The van der Waals surface area contributed by atoms with E-state index in [1.807, 2.05) is 19.1 Å². The fraction of sp³-hybridized carbons (Fsp3) is 0.435. The minimum Gasteiger partial charge on any atom is -0.477 e. The van der Waals surface area contributed by atoms with Crippen molar-refractivity contribution in [3.8, 4) is 5.88 Å². The van der Waals surface area contributed by atoms with Gasteiger partial charge in [0.1, 0.15) is 5.56 Å². The average Bonchev–Trinajstić information content (AvgIpc) is 2.88. The summed E-state index contributed by atoms with van der Waals surface area (Å²) in [5.41, 5.74) is 1.19. The van der Waals surface area contributed by atoms with Gasteiger partial charge in [-0.05, 0) is 49.6 Å². The van der Waals surface area contributed by atoms with Gasteiger partial charge in [-0.1, -0.05) is 6.42 Å². The summed E-state index contributed by atoms with van der Waals surface area (Å²) in [6.07, 6.45) is 7.69. The lowest BCUT2D eigenvalue weighted by Gasteiger charge is -2.28. The highest BCUT2D eigenvalue weighted by molar-refractivity contribution is 7.89. The summed E-state index contributed by atoms with van der Waals surface area (Å²) in [5, 5.41) is 14.8. The maximum atomic E-state index is 13.3. The number of carboxylic acids is 2. The lowest BCUT2D eigenvalue weighted by atomic mass is 10.2. The number of aromatic nitrogens is 2. The molecule has 3 heterocycles. The quantitative estimate of drug-likeness (QED) is 0.460. The van der Waals surface area contributed by atoms with Gasteiger partial charge in [0.25, 0.3) is 5.91 Å². The van der Waals surface area contributed by atoms with Gasteiger partial charge in [-0.3, -0.25) is 9.78 Å². The van der Waals surface area contributed by atoms with E-state index in [9.17, 15) is 13.2 Å². The van der Waals surface area contributed by atoms with Crippen LogP contribution in [0.3, 0.4) is 0 Å². The third-order valence-electron chi connectivity index (χ3n) is 5.20. The van der Waals surface area contributed by atoms with Crippen molar-refractivity contribution in [3.63, 3.8) is 0 Å². The molecule has 2 aromatic heterocycles. The molecule has 2 N–H and O–H groups in total. The standard InChI is InChI=1S/C21H28N4O4S.C2H2O4/c1-2-29-20-19(7-6-10-23-20)21(26)24(17-18-8-11-22-12-9-18)15-16-30(27,28)25-13-4-3-5-14-25;3-1(4)2(5)6/h6-12H,2-5,13-17H2,1H3;(H,3,4)(H,5,6). The zero-order chi connectivity index (χ0) is 26.6. The average molecular weight is 523 g/mol. The number of aliphatic carboxylic acids is 2. The highest BCUT2D eigenvalue weighted by Crippen LogP contribution is 2.19. The Balaban J connectivity index is 0.000000678. The molecule has 0 radical (unpaired) electrons. The van der Waals surface area contributed by atoms with E-state index >= 15 is 0 Å². The van der Waals surface area contributed by atoms with Crippen LogP contribution in [-0.2, 0) is 26.2 Å². The van der Waals surface area contributed by atoms with E-state index < -0.39 is 22.0 Å². The van der Waals surface area contributed by atoms with Crippen molar-refractivity contribution in [2.24, 2.45) is 0 Å². The van der Waals surface area contributed by atoms with E-state index in [1.165, 1.54) is 4.90 Å². The van der Waals surface area contributed by atoms with Crippen LogP contribution >= 0.6 is 0 Å². The predicted molar refractivity (Wildman–Crippen MR) is 129 cm³/mol. The van der Waals surface area contributed by atoms with Crippen molar-refractivity contribution in [1.29, 1.82) is 0 Å². The van der Waals surface area contributed by atoms with E-state index in [1.54, 1.807) is 35.0 Å². The van der Waals surface area contributed by atoms with E-state index in [0.717, 1.165) is 24.8 Å². The lowest BCUT2D eigenvalue weighted by Crippen LogP contribution is -2.41. The van der Waals surface area contributed by atoms with Crippen molar-refractivity contribution in [2.45, 2.75) is 32.7 Å². The van der Waals surface area contributed by atoms with Crippen LogP contribution in [0, 0.1) is 0 Å². The summed E-state index contributed by atoms with van der Waals surface area (Å²) in [4.78, 5) is 41.2. The molecule has 0 saturated carbocycles. The molecule has 0 bridgehead atoms. The van der Waals surface area contributed by atoms with Crippen LogP contribution < -0.4 is 4.74 Å². The van der Waals surface area contributed by atoms with Gasteiger partial charge in [0.2, 0.25) is 15.9 Å². The SMILES string of the molecule is CCOc1ncccc1C(=O)N(CCS(=O)(=O)N1CCCCC1)Cc1ccncc1.O=C(O)C(=O)O. The molecule has 1 fully saturated rings. The number of piperidine rings is 1. The van der Waals surface area contributed by atoms with Crippen LogP contribution in [0.4, 0.5) is 0 Å². The number of amides is 1. The number of hydrogen-bond acceptors (Lipinski definition) is 8. The molecular weight excluding hydrogens is 492 g/mol. The molecule has 0 aliphatic carbocycles. The van der Waals surface area contributed by atoms with E-state index in [2.05, 4.69) is 9.97 Å². The summed E-state index contributed by atoms with van der Waals surface area (Å²) >= 11 is 0. The third kappa shape index (κ3) is 8.89. The first-order valence-corrected chi connectivity index (χ1v) is 13.0. The van der Waals surface area contributed by atoms with Gasteiger partial charge >= 0.3 is 11.9 Å². The number of pyridine rings is 2. The summed E-state index contributed by atoms with van der Waals surface area (Å²) in [6, 6.07) is 6.95. The van der Waals surface area contributed by atoms with Crippen LogP contribution in [0.25, 0.3) is 0 Å². The first kappa shape index (κ1) is 28.7. The molecule has 12 nitrogen and oxygen atoms in total. The summed E-state index contributed by atoms with van der Waals surface area (Å²) < 4.78 is 32.7. The molecule has 1 aliphatic rings. The molecule has 2 aromatic rings. The maximum Gasteiger partial charge on any atom is 0.414 e. The fourth-order valence-corrected chi connectivity index (χ4v) is 4.96. The smallest absolute Gasteiger partial charge is 0.414 e. The number of carboxylic acid groups (broad SMARTS) is 2. The highest BCUT2D eigenvalue weighted by Gasteiger charge is 2.27.